The highest BCUT2D eigenvalue weighted by Gasteiger charge is 2.02. The maximum atomic E-state index is 9.37. The van der Waals surface area contributed by atoms with E-state index in [9.17, 15) is 9.59 Å². The molecular formula is C27H28N4O4. The summed E-state index contributed by atoms with van der Waals surface area (Å²) in [5.74, 6) is -1.49. The number of nitrogens with one attached hydrogen (secondary N) is 2. The molecule has 3 aromatic rings. The lowest BCUT2D eigenvalue weighted by Crippen LogP contribution is -1.86. The quantitative estimate of drug-likeness (QED) is 0.252. The monoisotopic (exact) mass is 472 g/mol. The summed E-state index contributed by atoms with van der Waals surface area (Å²) >= 11 is 0. The van der Waals surface area contributed by atoms with Gasteiger partial charge in [-0.3, -0.25) is 9.59 Å². The van der Waals surface area contributed by atoms with Gasteiger partial charge in [-0.15, -0.1) is 0 Å². The molecule has 5 heterocycles. The van der Waals surface area contributed by atoms with Crippen LogP contribution >= 0.6 is 0 Å². The maximum Gasteiger partial charge on any atom is 0.303 e. The average Bonchev–Trinajstić information content (AvgIpc) is 3.61. The number of hydrogen-bond donors (Lipinski definition) is 4. The Morgan fingerprint density at radius 3 is 1.51 bits per heavy atom. The van der Waals surface area contributed by atoms with Crippen molar-refractivity contribution in [1.29, 1.82) is 0 Å². The van der Waals surface area contributed by atoms with E-state index in [1.54, 1.807) is 13.8 Å². The van der Waals surface area contributed by atoms with E-state index in [-0.39, 0.29) is 12.8 Å². The maximum absolute atomic E-state index is 9.37. The molecule has 5 rings (SSSR count). The third-order valence-electron chi connectivity index (χ3n) is 4.98. The van der Waals surface area contributed by atoms with Gasteiger partial charge in [-0.2, -0.15) is 0 Å². The lowest BCUT2D eigenvalue weighted by atomic mass is 10.2. The van der Waals surface area contributed by atoms with Gasteiger partial charge in [0.2, 0.25) is 0 Å². The van der Waals surface area contributed by atoms with Crippen LogP contribution in [-0.2, 0) is 9.59 Å². The van der Waals surface area contributed by atoms with E-state index >= 15 is 0 Å². The normalized spacial score (nSPS) is 11.2. The van der Waals surface area contributed by atoms with Crippen LogP contribution in [-0.4, -0.2) is 42.1 Å². The van der Waals surface area contributed by atoms with Gasteiger partial charge in [-0.1, -0.05) is 13.8 Å². The van der Waals surface area contributed by atoms with E-state index < -0.39 is 11.9 Å². The predicted octanol–water partition coefficient (Wildman–Crippen LogP) is 5.93. The number of aromatic amines is 2. The summed E-state index contributed by atoms with van der Waals surface area (Å²) in [7, 11) is 0. The number of carboxylic acids is 2. The van der Waals surface area contributed by atoms with E-state index in [0.717, 1.165) is 44.8 Å². The van der Waals surface area contributed by atoms with Crippen molar-refractivity contribution in [3.8, 4) is 0 Å². The standard InChI is InChI=1S/C21H16N4.2C3H6O2/c1-13-8-20-11-18-5-4-16(23-18)9-14-2-3-15(22-14)10-17-6-7-19(24-17)12-21(13)25-20;2*1-2-3(4)5/h2-12,22,25H,1H3;2*2H2,1H3,(H,4,5). The molecular weight excluding hydrogens is 444 g/mol. The third-order valence-corrected chi connectivity index (χ3v) is 4.98. The molecule has 0 spiro atoms. The number of hydrogen-bond acceptors (Lipinski definition) is 4. The molecule has 0 amide bonds. The molecule has 8 heteroatoms. The third kappa shape index (κ3) is 7.53. The fourth-order valence-electron chi connectivity index (χ4n) is 3.16. The van der Waals surface area contributed by atoms with E-state index in [2.05, 4.69) is 57.2 Å². The van der Waals surface area contributed by atoms with Crippen molar-refractivity contribution in [2.75, 3.05) is 0 Å². The van der Waals surface area contributed by atoms with Gasteiger partial charge in [0.15, 0.2) is 0 Å². The van der Waals surface area contributed by atoms with Gasteiger partial charge in [-0.05, 0) is 79.3 Å². The Morgan fingerprint density at radius 1 is 0.686 bits per heavy atom. The minimum absolute atomic E-state index is 0.222. The number of fused-ring (bicyclic) bond motifs is 8. The number of aromatic nitrogens is 4. The second kappa shape index (κ2) is 11.6. The summed E-state index contributed by atoms with van der Waals surface area (Å²) in [5.41, 5.74) is 9.13. The fraction of sp³-hybridized carbons (Fsp3) is 0.185. The number of aryl methyl sites for hydroxylation is 1. The summed E-state index contributed by atoms with van der Waals surface area (Å²) < 4.78 is 0. The highest BCUT2D eigenvalue weighted by atomic mass is 16.4. The Morgan fingerprint density at radius 2 is 1.09 bits per heavy atom. The Labute approximate surface area is 202 Å². The zero-order chi connectivity index (χ0) is 25.4. The van der Waals surface area contributed by atoms with Gasteiger partial charge < -0.3 is 20.2 Å². The number of carboxylic acid groups (broad SMARTS) is 2. The minimum Gasteiger partial charge on any atom is -0.481 e. The molecule has 35 heavy (non-hydrogen) atoms. The first-order valence-electron chi connectivity index (χ1n) is 11.2. The van der Waals surface area contributed by atoms with Crippen molar-refractivity contribution in [3.05, 3.63) is 70.8 Å². The second-order valence-corrected chi connectivity index (χ2v) is 7.85. The van der Waals surface area contributed by atoms with Crippen LogP contribution in [0.1, 0.15) is 55.0 Å². The predicted molar refractivity (Wildman–Crippen MR) is 139 cm³/mol. The van der Waals surface area contributed by atoms with Gasteiger partial charge in [0.05, 0.1) is 22.8 Å². The highest BCUT2D eigenvalue weighted by molar-refractivity contribution is 5.78. The molecule has 0 saturated carbocycles. The van der Waals surface area contributed by atoms with Crippen molar-refractivity contribution in [2.24, 2.45) is 0 Å². The SMILES string of the molecule is CCC(=O)O.CCC(=O)O.Cc1cc2cc3nc(cc4ccc(cc5nc(cc1[nH]2)C=C5)[nH]4)C=C3. The summed E-state index contributed by atoms with van der Waals surface area (Å²) in [6.07, 6.45) is 8.57. The van der Waals surface area contributed by atoms with E-state index in [1.165, 1.54) is 5.56 Å². The van der Waals surface area contributed by atoms with Crippen molar-refractivity contribution < 1.29 is 19.8 Å². The zero-order valence-corrected chi connectivity index (χ0v) is 19.9. The molecule has 3 aromatic heterocycles. The van der Waals surface area contributed by atoms with Crippen LogP contribution in [0.3, 0.4) is 0 Å². The van der Waals surface area contributed by atoms with Crippen LogP contribution in [0.5, 0.6) is 0 Å². The van der Waals surface area contributed by atoms with E-state index in [1.807, 2.05) is 36.4 Å². The molecule has 0 aliphatic carbocycles. The largest absolute Gasteiger partial charge is 0.481 e. The first-order valence-corrected chi connectivity index (χ1v) is 11.2. The van der Waals surface area contributed by atoms with Gasteiger partial charge in [0.1, 0.15) is 0 Å². The number of nitrogens with zero attached hydrogens (tertiary/aromatic N) is 2. The van der Waals surface area contributed by atoms with Crippen LogP contribution in [0.2, 0.25) is 0 Å². The van der Waals surface area contributed by atoms with E-state index in [0.29, 0.717) is 0 Å². The molecule has 0 unspecified atom stereocenters. The Balaban J connectivity index is 0.000000293. The van der Waals surface area contributed by atoms with Crippen molar-refractivity contribution in [3.63, 3.8) is 0 Å². The summed E-state index contributed by atoms with van der Waals surface area (Å²) in [4.78, 5) is 34.9. The van der Waals surface area contributed by atoms with Crippen LogP contribution in [0.25, 0.3) is 46.4 Å². The van der Waals surface area contributed by atoms with Crippen molar-refractivity contribution >= 4 is 58.3 Å². The first-order chi connectivity index (χ1) is 16.7. The fourth-order valence-corrected chi connectivity index (χ4v) is 3.16. The molecule has 2 aliphatic rings. The lowest BCUT2D eigenvalue weighted by Gasteiger charge is -1.86. The topological polar surface area (TPSA) is 132 Å². The van der Waals surface area contributed by atoms with Gasteiger partial charge in [0, 0.05) is 34.9 Å². The molecule has 8 nitrogen and oxygen atoms in total. The van der Waals surface area contributed by atoms with Gasteiger partial charge in [-0.25, -0.2) is 9.97 Å². The molecule has 4 N–H and O–H groups in total. The molecule has 0 fully saturated rings. The zero-order valence-electron chi connectivity index (χ0n) is 19.9. The number of aliphatic carboxylic acids is 2. The minimum atomic E-state index is -0.745. The van der Waals surface area contributed by atoms with Crippen LogP contribution in [0, 0.1) is 6.92 Å². The number of H-pyrrole nitrogens is 2. The van der Waals surface area contributed by atoms with Gasteiger partial charge >= 0.3 is 11.9 Å². The Bertz CT molecular complexity index is 1430. The average molecular weight is 473 g/mol. The summed E-state index contributed by atoms with van der Waals surface area (Å²) in [6, 6.07) is 14.5. The van der Waals surface area contributed by atoms with Crippen LogP contribution in [0.15, 0.2) is 42.5 Å². The smallest absolute Gasteiger partial charge is 0.303 e. The molecule has 8 bridgehead atoms. The lowest BCUT2D eigenvalue weighted by molar-refractivity contribution is -0.137. The molecule has 0 saturated heterocycles. The summed E-state index contributed by atoms with van der Waals surface area (Å²) in [6.45, 7) is 5.30. The van der Waals surface area contributed by atoms with Crippen LogP contribution in [0.4, 0.5) is 0 Å². The molecule has 180 valence electrons. The molecule has 0 atom stereocenters. The number of carbonyl (C=O) groups is 2. The molecule has 0 radical (unpaired) electrons. The molecule has 2 aliphatic heterocycles. The van der Waals surface area contributed by atoms with Gasteiger partial charge in [0.25, 0.3) is 0 Å². The van der Waals surface area contributed by atoms with Crippen molar-refractivity contribution in [2.45, 2.75) is 33.6 Å². The Hall–Kier alpha value is -4.46. The first kappa shape index (κ1) is 25.2. The Kier molecular flexibility index (Phi) is 8.34. The summed E-state index contributed by atoms with van der Waals surface area (Å²) in [5, 5.41) is 15.4. The van der Waals surface area contributed by atoms with Crippen molar-refractivity contribution in [1.82, 2.24) is 19.9 Å². The second-order valence-electron chi connectivity index (χ2n) is 7.85. The highest BCUT2D eigenvalue weighted by Crippen LogP contribution is 2.18. The van der Waals surface area contributed by atoms with E-state index in [4.69, 9.17) is 10.2 Å². The van der Waals surface area contributed by atoms with Crippen LogP contribution < -0.4 is 0 Å². The molecule has 0 aromatic carbocycles. The number of rotatable bonds is 2.